The van der Waals surface area contributed by atoms with Crippen LogP contribution in [0, 0.1) is 5.92 Å². The zero-order valence-corrected chi connectivity index (χ0v) is 11.1. The number of benzene rings is 1. The summed E-state index contributed by atoms with van der Waals surface area (Å²) in [6.07, 6.45) is 4.91. The summed E-state index contributed by atoms with van der Waals surface area (Å²) in [6.45, 7) is 0.753. The molecule has 0 unspecified atom stereocenters. The van der Waals surface area contributed by atoms with Gasteiger partial charge in [-0.15, -0.1) is 0 Å². The van der Waals surface area contributed by atoms with Crippen molar-refractivity contribution in [2.45, 2.75) is 25.7 Å². The molecule has 0 atom stereocenters. The van der Waals surface area contributed by atoms with Gasteiger partial charge in [0.2, 0.25) is 0 Å². The largest absolute Gasteiger partial charge is 0.464 e. The van der Waals surface area contributed by atoms with E-state index in [0.29, 0.717) is 17.5 Å². The fraction of sp³-hybridized carbons (Fsp3) is 0.500. The molecule has 1 aliphatic carbocycles. The van der Waals surface area contributed by atoms with Crippen LogP contribution in [0.1, 0.15) is 25.7 Å². The van der Waals surface area contributed by atoms with E-state index in [-0.39, 0.29) is 12.5 Å². The van der Waals surface area contributed by atoms with Gasteiger partial charge in [0.25, 0.3) is 0 Å². The van der Waals surface area contributed by atoms with Crippen molar-refractivity contribution in [1.29, 1.82) is 0 Å². The number of anilines is 1. The van der Waals surface area contributed by atoms with Gasteiger partial charge in [-0.05, 0) is 37.0 Å². The Hall–Kier alpha value is -1.22. The lowest BCUT2D eigenvalue weighted by Gasteiger charge is -2.11. The van der Waals surface area contributed by atoms with E-state index in [9.17, 15) is 4.79 Å². The molecule has 1 fully saturated rings. The molecule has 2 rings (SSSR count). The van der Waals surface area contributed by atoms with Gasteiger partial charge in [-0.3, -0.25) is 4.79 Å². The SMILES string of the molecule is O=C(CNc1cccc(Cl)c1)OCC1CCCC1. The van der Waals surface area contributed by atoms with E-state index in [4.69, 9.17) is 16.3 Å². The minimum atomic E-state index is -0.207. The predicted octanol–water partition coefficient (Wildman–Crippen LogP) is 3.49. The van der Waals surface area contributed by atoms with Gasteiger partial charge >= 0.3 is 5.97 Å². The quantitative estimate of drug-likeness (QED) is 0.830. The Morgan fingerprint density at radius 1 is 1.39 bits per heavy atom. The van der Waals surface area contributed by atoms with Gasteiger partial charge in [-0.25, -0.2) is 0 Å². The summed E-state index contributed by atoms with van der Waals surface area (Å²) in [6, 6.07) is 7.29. The van der Waals surface area contributed by atoms with Gasteiger partial charge in [-0.1, -0.05) is 30.5 Å². The van der Waals surface area contributed by atoms with Crippen LogP contribution in [0.25, 0.3) is 0 Å². The third-order valence-corrected chi connectivity index (χ3v) is 3.45. The molecule has 0 bridgehead atoms. The minimum absolute atomic E-state index is 0.188. The molecule has 0 spiro atoms. The molecule has 0 heterocycles. The van der Waals surface area contributed by atoms with Crippen molar-refractivity contribution in [1.82, 2.24) is 0 Å². The molecule has 1 aromatic carbocycles. The molecule has 1 saturated carbocycles. The number of carbonyl (C=O) groups is 1. The van der Waals surface area contributed by atoms with E-state index < -0.39 is 0 Å². The Morgan fingerprint density at radius 2 is 2.17 bits per heavy atom. The number of halogens is 1. The van der Waals surface area contributed by atoms with Crippen LogP contribution in [-0.4, -0.2) is 19.1 Å². The van der Waals surface area contributed by atoms with Crippen LogP contribution in [0.15, 0.2) is 24.3 Å². The van der Waals surface area contributed by atoms with Crippen molar-refractivity contribution in [3.8, 4) is 0 Å². The summed E-state index contributed by atoms with van der Waals surface area (Å²) in [5.74, 6) is 0.363. The van der Waals surface area contributed by atoms with Crippen LogP contribution < -0.4 is 5.32 Å². The topological polar surface area (TPSA) is 38.3 Å². The van der Waals surface area contributed by atoms with E-state index in [1.165, 1.54) is 25.7 Å². The highest BCUT2D eigenvalue weighted by Crippen LogP contribution is 2.24. The molecule has 0 aromatic heterocycles. The second-order valence-corrected chi connectivity index (χ2v) is 5.13. The smallest absolute Gasteiger partial charge is 0.325 e. The lowest BCUT2D eigenvalue weighted by Crippen LogP contribution is -2.19. The van der Waals surface area contributed by atoms with Gasteiger partial charge in [0, 0.05) is 10.7 Å². The van der Waals surface area contributed by atoms with Crippen LogP contribution in [0.5, 0.6) is 0 Å². The third-order valence-electron chi connectivity index (χ3n) is 3.22. The van der Waals surface area contributed by atoms with Crippen LogP contribution in [0.3, 0.4) is 0 Å². The van der Waals surface area contributed by atoms with Crippen LogP contribution in [-0.2, 0) is 9.53 Å². The molecule has 0 radical (unpaired) electrons. The third kappa shape index (κ3) is 4.22. The molecule has 1 aliphatic rings. The second kappa shape index (κ2) is 6.64. The maximum atomic E-state index is 11.5. The van der Waals surface area contributed by atoms with Crippen LogP contribution in [0.4, 0.5) is 5.69 Å². The number of rotatable bonds is 5. The normalized spacial score (nSPS) is 15.6. The highest BCUT2D eigenvalue weighted by atomic mass is 35.5. The first-order valence-electron chi connectivity index (χ1n) is 6.39. The standard InChI is InChI=1S/C14H18ClNO2/c15-12-6-3-7-13(8-12)16-9-14(17)18-10-11-4-1-2-5-11/h3,6-8,11,16H,1-2,4-5,9-10H2. The Bertz CT molecular complexity index is 403. The predicted molar refractivity (Wildman–Crippen MR) is 72.9 cm³/mol. The first kappa shape index (κ1) is 13.2. The molecule has 0 aliphatic heterocycles. The Balaban J connectivity index is 1.68. The van der Waals surface area contributed by atoms with Crippen molar-refractivity contribution >= 4 is 23.3 Å². The van der Waals surface area contributed by atoms with Gasteiger partial charge in [0.1, 0.15) is 6.54 Å². The maximum absolute atomic E-state index is 11.5. The fourth-order valence-electron chi connectivity index (χ4n) is 2.21. The highest BCUT2D eigenvalue weighted by Gasteiger charge is 2.16. The first-order chi connectivity index (χ1) is 8.74. The zero-order chi connectivity index (χ0) is 12.8. The number of hydrogen-bond acceptors (Lipinski definition) is 3. The number of hydrogen-bond donors (Lipinski definition) is 1. The molecular formula is C14H18ClNO2. The second-order valence-electron chi connectivity index (χ2n) is 4.70. The number of esters is 1. The molecule has 0 saturated heterocycles. The van der Waals surface area contributed by atoms with E-state index in [0.717, 1.165) is 5.69 Å². The monoisotopic (exact) mass is 267 g/mol. The van der Waals surface area contributed by atoms with E-state index >= 15 is 0 Å². The van der Waals surface area contributed by atoms with E-state index in [1.807, 2.05) is 12.1 Å². The molecule has 98 valence electrons. The molecular weight excluding hydrogens is 250 g/mol. The van der Waals surface area contributed by atoms with Gasteiger partial charge < -0.3 is 10.1 Å². The van der Waals surface area contributed by atoms with Crippen LogP contribution in [0.2, 0.25) is 5.02 Å². The summed E-state index contributed by atoms with van der Waals surface area (Å²) in [4.78, 5) is 11.5. The fourth-order valence-corrected chi connectivity index (χ4v) is 2.40. The zero-order valence-electron chi connectivity index (χ0n) is 10.3. The number of carbonyl (C=O) groups excluding carboxylic acids is 1. The molecule has 0 amide bonds. The van der Waals surface area contributed by atoms with Crippen molar-refractivity contribution < 1.29 is 9.53 Å². The van der Waals surface area contributed by atoms with Crippen molar-refractivity contribution in [2.24, 2.45) is 5.92 Å². The molecule has 18 heavy (non-hydrogen) atoms. The van der Waals surface area contributed by atoms with Gasteiger partial charge in [0.15, 0.2) is 0 Å². The van der Waals surface area contributed by atoms with E-state index in [1.54, 1.807) is 12.1 Å². The van der Waals surface area contributed by atoms with Gasteiger partial charge in [0.05, 0.1) is 6.61 Å². The maximum Gasteiger partial charge on any atom is 0.325 e. The first-order valence-corrected chi connectivity index (χ1v) is 6.77. The molecule has 4 heteroatoms. The average Bonchev–Trinajstić information content (AvgIpc) is 2.87. The summed E-state index contributed by atoms with van der Waals surface area (Å²) in [5.41, 5.74) is 0.834. The molecule has 3 nitrogen and oxygen atoms in total. The lowest BCUT2D eigenvalue weighted by atomic mass is 10.1. The highest BCUT2D eigenvalue weighted by molar-refractivity contribution is 6.30. The summed E-state index contributed by atoms with van der Waals surface area (Å²) < 4.78 is 5.24. The summed E-state index contributed by atoms with van der Waals surface area (Å²) in [7, 11) is 0. The van der Waals surface area contributed by atoms with E-state index in [2.05, 4.69) is 5.32 Å². The number of nitrogens with one attached hydrogen (secondary N) is 1. The molecule has 1 aromatic rings. The Labute approximate surface area is 112 Å². The summed E-state index contributed by atoms with van der Waals surface area (Å²) in [5, 5.41) is 3.65. The lowest BCUT2D eigenvalue weighted by molar-refractivity contribution is -0.142. The van der Waals surface area contributed by atoms with Gasteiger partial charge in [-0.2, -0.15) is 0 Å². The Kier molecular flexibility index (Phi) is 4.88. The summed E-state index contributed by atoms with van der Waals surface area (Å²) >= 11 is 5.85. The number of ether oxygens (including phenoxy) is 1. The van der Waals surface area contributed by atoms with Crippen molar-refractivity contribution in [3.63, 3.8) is 0 Å². The average molecular weight is 268 g/mol. The van der Waals surface area contributed by atoms with Crippen molar-refractivity contribution in [3.05, 3.63) is 29.3 Å². The van der Waals surface area contributed by atoms with Crippen LogP contribution >= 0.6 is 11.6 Å². The molecule has 1 N–H and O–H groups in total. The van der Waals surface area contributed by atoms with Crippen molar-refractivity contribution in [2.75, 3.05) is 18.5 Å². The Morgan fingerprint density at radius 3 is 2.89 bits per heavy atom. The minimum Gasteiger partial charge on any atom is -0.464 e.